The van der Waals surface area contributed by atoms with E-state index < -0.39 is 12.7 Å². The number of nitrogens with one attached hydrogen (secondary N) is 2. The third-order valence-corrected chi connectivity index (χ3v) is 5.08. The van der Waals surface area contributed by atoms with Gasteiger partial charge in [-0.25, -0.2) is 0 Å². The zero-order valence-electron chi connectivity index (χ0n) is 15.9. The molecule has 150 valence electrons. The van der Waals surface area contributed by atoms with Crippen molar-refractivity contribution in [1.82, 2.24) is 10.6 Å². The van der Waals surface area contributed by atoms with Crippen LogP contribution in [0.1, 0.15) is 49.8 Å². The minimum atomic E-state index is -2.85. The van der Waals surface area contributed by atoms with Gasteiger partial charge in [0.2, 0.25) is 5.91 Å². The van der Waals surface area contributed by atoms with Crippen molar-refractivity contribution < 1.29 is 18.3 Å². The number of rotatable bonds is 8. The number of alkyl halides is 2. The quantitative estimate of drug-likeness (QED) is 0.704. The van der Waals surface area contributed by atoms with Gasteiger partial charge in [-0.05, 0) is 43.0 Å². The first kappa shape index (κ1) is 20.3. The summed E-state index contributed by atoms with van der Waals surface area (Å²) in [6.45, 7) is -1.01. The maximum atomic E-state index is 12.6. The Labute approximate surface area is 164 Å². The Morgan fingerprint density at radius 2 is 1.61 bits per heavy atom. The second kappa shape index (κ2) is 9.64. The standard InChI is InChI=1S/C22H26F2N2O2/c1-15(21(27)26-18-9-5-6-10-18)25-20(16-7-3-2-4-8-16)17-11-13-19(14-12-17)28-22(23)24/h2-4,7-8,11-15,18,20,22,25H,5-6,9-10H2,1H3,(H,26,27)/t15-,20-/m1/s1. The van der Waals surface area contributed by atoms with Crippen LogP contribution < -0.4 is 15.4 Å². The minimum Gasteiger partial charge on any atom is -0.435 e. The van der Waals surface area contributed by atoms with Crippen LogP contribution in [0.5, 0.6) is 5.75 Å². The molecule has 0 heterocycles. The van der Waals surface area contributed by atoms with Gasteiger partial charge in [0, 0.05) is 6.04 Å². The Bertz CT molecular complexity index is 747. The van der Waals surface area contributed by atoms with E-state index in [9.17, 15) is 13.6 Å². The molecule has 0 radical (unpaired) electrons. The van der Waals surface area contributed by atoms with E-state index in [2.05, 4.69) is 15.4 Å². The number of carbonyl (C=O) groups is 1. The van der Waals surface area contributed by atoms with E-state index in [1.807, 2.05) is 37.3 Å². The Morgan fingerprint density at radius 1 is 1.00 bits per heavy atom. The number of hydrogen-bond acceptors (Lipinski definition) is 3. The van der Waals surface area contributed by atoms with Crippen molar-refractivity contribution in [2.24, 2.45) is 0 Å². The van der Waals surface area contributed by atoms with Crippen LogP contribution in [0.2, 0.25) is 0 Å². The Hall–Kier alpha value is -2.47. The first-order valence-electron chi connectivity index (χ1n) is 9.69. The molecule has 6 heteroatoms. The van der Waals surface area contributed by atoms with Gasteiger partial charge in [-0.1, -0.05) is 55.3 Å². The molecule has 0 unspecified atom stereocenters. The summed E-state index contributed by atoms with van der Waals surface area (Å²) < 4.78 is 29.2. The van der Waals surface area contributed by atoms with Gasteiger partial charge in [0.15, 0.2) is 0 Å². The maximum absolute atomic E-state index is 12.6. The fraction of sp³-hybridized carbons (Fsp3) is 0.409. The molecule has 1 fully saturated rings. The summed E-state index contributed by atoms with van der Waals surface area (Å²) >= 11 is 0. The normalized spacial score (nSPS) is 16.7. The highest BCUT2D eigenvalue weighted by Gasteiger charge is 2.24. The number of benzene rings is 2. The van der Waals surface area contributed by atoms with Crippen molar-refractivity contribution in [3.63, 3.8) is 0 Å². The smallest absolute Gasteiger partial charge is 0.387 e. The van der Waals surface area contributed by atoms with Crippen molar-refractivity contribution in [3.8, 4) is 5.75 Å². The third-order valence-electron chi connectivity index (χ3n) is 5.08. The van der Waals surface area contributed by atoms with Crippen LogP contribution in [-0.2, 0) is 4.79 Å². The van der Waals surface area contributed by atoms with Crippen molar-refractivity contribution >= 4 is 5.91 Å². The molecule has 1 aliphatic rings. The predicted octanol–water partition coefficient (Wildman–Crippen LogP) is 4.41. The predicted molar refractivity (Wildman–Crippen MR) is 104 cm³/mol. The molecule has 4 nitrogen and oxygen atoms in total. The summed E-state index contributed by atoms with van der Waals surface area (Å²) in [5, 5.41) is 6.50. The van der Waals surface area contributed by atoms with E-state index in [1.165, 1.54) is 12.1 Å². The van der Waals surface area contributed by atoms with Crippen molar-refractivity contribution in [3.05, 3.63) is 65.7 Å². The van der Waals surface area contributed by atoms with Crippen LogP contribution in [-0.4, -0.2) is 24.6 Å². The third kappa shape index (κ3) is 5.52. The van der Waals surface area contributed by atoms with Crippen LogP contribution in [0.25, 0.3) is 0 Å². The topological polar surface area (TPSA) is 50.4 Å². The van der Waals surface area contributed by atoms with Gasteiger partial charge in [0.25, 0.3) is 0 Å². The Morgan fingerprint density at radius 3 is 2.21 bits per heavy atom. The zero-order chi connectivity index (χ0) is 19.9. The summed E-state index contributed by atoms with van der Waals surface area (Å²) in [5.74, 6) is 0.0862. The van der Waals surface area contributed by atoms with Crippen LogP contribution in [0.4, 0.5) is 8.78 Å². The van der Waals surface area contributed by atoms with Gasteiger partial charge >= 0.3 is 6.61 Å². The fourth-order valence-electron chi connectivity index (χ4n) is 3.59. The number of ether oxygens (including phenoxy) is 1. The lowest BCUT2D eigenvalue weighted by atomic mass is 9.97. The van der Waals surface area contributed by atoms with Gasteiger partial charge in [-0.2, -0.15) is 8.78 Å². The molecule has 0 spiro atoms. The van der Waals surface area contributed by atoms with Crippen molar-refractivity contribution in [2.45, 2.75) is 57.3 Å². The highest BCUT2D eigenvalue weighted by atomic mass is 19.3. The number of halogens is 2. The molecule has 2 aromatic rings. The van der Waals surface area contributed by atoms with Gasteiger partial charge in [-0.15, -0.1) is 0 Å². The molecule has 2 atom stereocenters. The fourth-order valence-corrected chi connectivity index (χ4v) is 3.59. The first-order chi connectivity index (χ1) is 13.5. The average Bonchev–Trinajstić information content (AvgIpc) is 3.20. The van der Waals surface area contributed by atoms with Crippen molar-refractivity contribution in [2.75, 3.05) is 0 Å². The van der Waals surface area contributed by atoms with Crippen LogP contribution >= 0.6 is 0 Å². The van der Waals surface area contributed by atoms with Crippen LogP contribution in [0, 0.1) is 0 Å². The van der Waals surface area contributed by atoms with E-state index in [0.29, 0.717) is 0 Å². The van der Waals surface area contributed by atoms with Gasteiger partial charge in [0.1, 0.15) is 5.75 Å². The number of hydrogen-bond donors (Lipinski definition) is 2. The SMILES string of the molecule is C[C@@H](N[C@H](c1ccccc1)c1ccc(OC(F)F)cc1)C(=O)NC1CCCC1. The molecule has 1 saturated carbocycles. The number of amides is 1. The Balaban J connectivity index is 1.74. The molecule has 1 amide bonds. The zero-order valence-corrected chi connectivity index (χ0v) is 15.9. The maximum Gasteiger partial charge on any atom is 0.387 e. The lowest BCUT2D eigenvalue weighted by Crippen LogP contribution is -2.46. The summed E-state index contributed by atoms with van der Waals surface area (Å²) in [7, 11) is 0. The highest BCUT2D eigenvalue weighted by Crippen LogP contribution is 2.25. The largest absolute Gasteiger partial charge is 0.435 e. The van der Waals surface area contributed by atoms with E-state index >= 15 is 0 Å². The summed E-state index contributed by atoms with van der Waals surface area (Å²) in [6.07, 6.45) is 4.39. The summed E-state index contributed by atoms with van der Waals surface area (Å²) in [6, 6.07) is 15.9. The number of carbonyl (C=O) groups excluding carboxylic acids is 1. The molecule has 1 aliphatic carbocycles. The molecular weight excluding hydrogens is 362 g/mol. The monoisotopic (exact) mass is 388 g/mol. The summed E-state index contributed by atoms with van der Waals surface area (Å²) in [4.78, 5) is 12.6. The Kier molecular flexibility index (Phi) is 6.98. The molecule has 28 heavy (non-hydrogen) atoms. The van der Waals surface area contributed by atoms with Crippen LogP contribution in [0.15, 0.2) is 54.6 Å². The second-order valence-electron chi connectivity index (χ2n) is 7.17. The first-order valence-corrected chi connectivity index (χ1v) is 9.69. The van der Waals surface area contributed by atoms with Gasteiger partial charge in [0.05, 0.1) is 12.1 Å². The van der Waals surface area contributed by atoms with Gasteiger partial charge < -0.3 is 10.1 Å². The van der Waals surface area contributed by atoms with Gasteiger partial charge in [-0.3, -0.25) is 10.1 Å². The second-order valence-corrected chi connectivity index (χ2v) is 7.17. The molecular formula is C22H26F2N2O2. The lowest BCUT2D eigenvalue weighted by molar-refractivity contribution is -0.123. The molecule has 2 aromatic carbocycles. The molecule has 0 saturated heterocycles. The molecule has 2 N–H and O–H groups in total. The van der Waals surface area contributed by atoms with E-state index in [4.69, 9.17) is 0 Å². The molecule has 0 aliphatic heterocycles. The molecule has 0 aromatic heterocycles. The molecule has 0 bridgehead atoms. The molecule has 3 rings (SSSR count). The van der Waals surface area contributed by atoms with Crippen LogP contribution in [0.3, 0.4) is 0 Å². The summed E-state index contributed by atoms with van der Waals surface area (Å²) in [5.41, 5.74) is 1.86. The van der Waals surface area contributed by atoms with E-state index in [1.54, 1.807) is 12.1 Å². The average molecular weight is 388 g/mol. The highest BCUT2D eigenvalue weighted by molar-refractivity contribution is 5.81. The minimum absolute atomic E-state index is 0.0227. The lowest BCUT2D eigenvalue weighted by Gasteiger charge is -2.25. The van der Waals surface area contributed by atoms with E-state index in [-0.39, 0.29) is 23.7 Å². The van der Waals surface area contributed by atoms with Crippen molar-refractivity contribution in [1.29, 1.82) is 0 Å². The van der Waals surface area contributed by atoms with E-state index in [0.717, 1.165) is 36.8 Å².